The summed E-state index contributed by atoms with van der Waals surface area (Å²) in [6.07, 6.45) is 0.806. The molecule has 1 fully saturated rings. The van der Waals surface area contributed by atoms with Crippen LogP contribution in [-0.2, 0) is 14.8 Å². The summed E-state index contributed by atoms with van der Waals surface area (Å²) in [5.74, 6) is 0.244. The lowest BCUT2D eigenvalue weighted by Crippen LogP contribution is -2.30. The summed E-state index contributed by atoms with van der Waals surface area (Å²) >= 11 is 5.79. The molecule has 0 radical (unpaired) electrons. The topological polar surface area (TPSA) is 72.6 Å². The highest BCUT2D eigenvalue weighted by molar-refractivity contribution is 7.89. The average Bonchev–Trinajstić information content (AvgIpc) is 2.78. The van der Waals surface area contributed by atoms with Crippen molar-refractivity contribution in [2.24, 2.45) is 5.92 Å². The number of nitrogen functional groups attached to an aromatic ring is 1. The predicted molar refractivity (Wildman–Crippen MR) is 74.6 cm³/mol. The number of anilines is 1. The second-order valence-electron chi connectivity index (χ2n) is 4.66. The molecule has 1 aromatic rings. The van der Waals surface area contributed by atoms with Crippen LogP contribution in [0.2, 0.25) is 5.02 Å². The standard InChI is InChI=1S/C12H17ClN2O3S/c1-18-8-9-4-5-15(7-9)19(16,17)12-3-2-10(13)6-11(12)14/h2-3,6,9H,4-5,7-8,14H2,1H3. The van der Waals surface area contributed by atoms with E-state index in [0.29, 0.717) is 24.7 Å². The fourth-order valence-corrected chi connectivity index (χ4v) is 4.09. The maximum absolute atomic E-state index is 12.5. The van der Waals surface area contributed by atoms with Crippen molar-refractivity contribution in [2.75, 3.05) is 32.5 Å². The third-order valence-electron chi connectivity index (χ3n) is 3.24. The van der Waals surface area contributed by atoms with Crippen molar-refractivity contribution in [2.45, 2.75) is 11.3 Å². The molecule has 0 bridgehead atoms. The summed E-state index contributed by atoms with van der Waals surface area (Å²) in [7, 11) is -1.92. The zero-order valence-corrected chi connectivity index (χ0v) is 12.2. The van der Waals surface area contributed by atoms with Gasteiger partial charge >= 0.3 is 0 Å². The van der Waals surface area contributed by atoms with Crippen molar-refractivity contribution in [3.63, 3.8) is 0 Å². The Morgan fingerprint density at radius 1 is 1.53 bits per heavy atom. The zero-order valence-electron chi connectivity index (χ0n) is 10.7. The van der Waals surface area contributed by atoms with Crippen molar-refractivity contribution in [1.29, 1.82) is 0 Å². The minimum atomic E-state index is -3.54. The van der Waals surface area contributed by atoms with Gasteiger partial charge in [0.2, 0.25) is 10.0 Å². The molecule has 0 aliphatic carbocycles. The SMILES string of the molecule is COCC1CCN(S(=O)(=O)c2ccc(Cl)cc2N)C1. The minimum Gasteiger partial charge on any atom is -0.398 e. The highest BCUT2D eigenvalue weighted by atomic mass is 35.5. The number of nitrogens with two attached hydrogens (primary N) is 1. The number of rotatable bonds is 4. The molecule has 5 nitrogen and oxygen atoms in total. The maximum Gasteiger partial charge on any atom is 0.245 e. The van der Waals surface area contributed by atoms with Crippen LogP contribution in [0.15, 0.2) is 23.1 Å². The molecule has 1 aliphatic heterocycles. The van der Waals surface area contributed by atoms with Crippen LogP contribution in [0.25, 0.3) is 0 Å². The molecule has 1 saturated heterocycles. The quantitative estimate of drug-likeness (QED) is 0.857. The predicted octanol–water partition coefficient (Wildman–Crippen LogP) is 1.58. The first-order valence-corrected chi connectivity index (χ1v) is 7.81. The number of halogens is 1. The van der Waals surface area contributed by atoms with Gasteiger partial charge in [0.25, 0.3) is 0 Å². The van der Waals surface area contributed by atoms with Crippen LogP contribution in [-0.4, -0.2) is 39.5 Å². The molecule has 0 saturated carbocycles. The number of nitrogens with zero attached hydrogens (tertiary/aromatic N) is 1. The Morgan fingerprint density at radius 2 is 2.26 bits per heavy atom. The van der Waals surface area contributed by atoms with Crippen molar-refractivity contribution in [1.82, 2.24) is 4.31 Å². The highest BCUT2D eigenvalue weighted by Crippen LogP contribution is 2.29. The lowest BCUT2D eigenvalue weighted by atomic mass is 10.1. The molecule has 0 amide bonds. The van der Waals surface area contributed by atoms with Gasteiger partial charge in [0.05, 0.1) is 12.3 Å². The van der Waals surface area contributed by atoms with E-state index >= 15 is 0 Å². The molecule has 1 unspecified atom stereocenters. The van der Waals surface area contributed by atoms with Gasteiger partial charge in [-0.2, -0.15) is 4.31 Å². The number of ether oxygens (including phenoxy) is 1. The van der Waals surface area contributed by atoms with Gasteiger partial charge in [0.15, 0.2) is 0 Å². The molecule has 1 aromatic carbocycles. The molecule has 1 atom stereocenters. The molecular formula is C12H17ClN2O3S. The van der Waals surface area contributed by atoms with E-state index in [0.717, 1.165) is 6.42 Å². The first kappa shape index (κ1) is 14.6. The number of methoxy groups -OCH3 is 1. The average molecular weight is 305 g/mol. The third kappa shape index (κ3) is 3.02. The number of hydrogen-bond acceptors (Lipinski definition) is 4. The van der Waals surface area contributed by atoms with Gasteiger partial charge in [-0.25, -0.2) is 8.42 Å². The Hall–Kier alpha value is -0.820. The Kier molecular flexibility index (Phi) is 4.35. The second kappa shape index (κ2) is 5.66. The van der Waals surface area contributed by atoms with Crippen LogP contribution < -0.4 is 5.73 Å². The van der Waals surface area contributed by atoms with E-state index in [9.17, 15) is 8.42 Å². The molecule has 106 valence electrons. The largest absolute Gasteiger partial charge is 0.398 e. The van der Waals surface area contributed by atoms with Crippen LogP contribution in [0.3, 0.4) is 0 Å². The van der Waals surface area contributed by atoms with Crippen molar-refractivity contribution >= 4 is 27.3 Å². The molecule has 19 heavy (non-hydrogen) atoms. The van der Waals surface area contributed by atoms with Gasteiger partial charge in [-0.15, -0.1) is 0 Å². The smallest absolute Gasteiger partial charge is 0.245 e. The lowest BCUT2D eigenvalue weighted by molar-refractivity contribution is 0.157. The Morgan fingerprint density at radius 3 is 2.89 bits per heavy atom. The van der Waals surface area contributed by atoms with Crippen LogP contribution in [0, 0.1) is 5.92 Å². The summed E-state index contributed by atoms with van der Waals surface area (Å²) in [6, 6.07) is 4.45. The molecule has 1 heterocycles. The highest BCUT2D eigenvalue weighted by Gasteiger charge is 2.33. The van der Waals surface area contributed by atoms with E-state index in [4.69, 9.17) is 22.1 Å². The van der Waals surface area contributed by atoms with Crippen LogP contribution in [0.4, 0.5) is 5.69 Å². The first-order valence-electron chi connectivity index (χ1n) is 5.99. The Labute approximate surface area is 118 Å². The molecule has 0 spiro atoms. The number of hydrogen-bond donors (Lipinski definition) is 1. The fraction of sp³-hybridized carbons (Fsp3) is 0.500. The van der Waals surface area contributed by atoms with E-state index in [1.807, 2.05) is 0 Å². The fourth-order valence-electron chi connectivity index (χ4n) is 2.28. The molecule has 0 aromatic heterocycles. The summed E-state index contributed by atoms with van der Waals surface area (Å²) in [5.41, 5.74) is 5.94. The first-order chi connectivity index (χ1) is 8.95. The summed E-state index contributed by atoms with van der Waals surface area (Å²) in [4.78, 5) is 0.120. The Balaban J connectivity index is 2.23. The van der Waals surface area contributed by atoms with Gasteiger partial charge in [-0.3, -0.25) is 0 Å². The normalized spacial score (nSPS) is 20.8. The van der Waals surface area contributed by atoms with Crippen LogP contribution in [0.1, 0.15) is 6.42 Å². The van der Waals surface area contributed by atoms with E-state index in [1.165, 1.54) is 22.5 Å². The van der Waals surface area contributed by atoms with Gasteiger partial charge in [-0.05, 0) is 30.5 Å². The number of benzene rings is 1. The maximum atomic E-state index is 12.5. The van der Waals surface area contributed by atoms with E-state index in [1.54, 1.807) is 7.11 Å². The number of sulfonamides is 1. The molecule has 2 rings (SSSR count). The molecule has 7 heteroatoms. The third-order valence-corrected chi connectivity index (χ3v) is 5.41. The Bertz CT molecular complexity index is 562. The minimum absolute atomic E-state index is 0.120. The van der Waals surface area contributed by atoms with Gasteiger partial charge in [0, 0.05) is 25.2 Å². The summed E-state index contributed by atoms with van der Waals surface area (Å²) in [5, 5.41) is 0.426. The van der Waals surface area contributed by atoms with Crippen molar-refractivity contribution in [3.8, 4) is 0 Å². The van der Waals surface area contributed by atoms with E-state index < -0.39 is 10.0 Å². The van der Waals surface area contributed by atoms with E-state index in [2.05, 4.69) is 0 Å². The van der Waals surface area contributed by atoms with Crippen molar-refractivity contribution in [3.05, 3.63) is 23.2 Å². The molecule has 1 aliphatic rings. The van der Waals surface area contributed by atoms with E-state index in [-0.39, 0.29) is 16.5 Å². The van der Waals surface area contributed by atoms with Gasteiger partial charge in [0.1, 0.15) is 4.90 Å². The van der Waals surface area contributed by atoms with Crippen molar-refractivity contribution < 1.29 is 13.2 Å². The molecular weight excluding hydrogens is 288 g/mol. The molecule has 2 N–H and O–H groups in total. The van der Waals surface area contributed by atoms with Gasteiger partial charge in [-0.1, -0.05) is 11.6 Å². The monoisotopic (exact) mass is 304 g/mol. The summed E-state index contributed by atoms with van der Waals surface area (Å²) in [6.45, 7) is 1.54. The zero-order chi connectivity index (χ0) is 14.0. The second-order valence-corrected chi connectivity index (χ2v) is 7.00. The van der Waals surface area contributed by atoms with Crippen LogP contribution >= 0.6 is 11.6 Å². The van der Waals surface area contributed by atoms with Crippen LogP contribution in [0.5, 0.6) is 0 Å². The van der Waals surface area contributed by atoms with Gasteiger partial charge < -0.3 is 10.5 Å². The lowest BCUT2D eigenvalue weighted by Gasteiger charge is -2.17. The summed E-state index contributed by atoms with van der Waals surface area (Å²) < 4.78 is 31.5.